The summed E-state index contributed by atoms with van der Waals surface area (Å²) in [6.07, 6.45) is 7.96. The number of carbonyl (C=O) groups is 1. The number of carbonyl (C=O) groups excluding carboxylic acids is 1. The zero-order valence-corrected chi connectivity index (χ0v) is 11.2. The van der Waals surface area contributed by atoms with E-state index in [2.05, 4.69) is 24.5 Å². The molecule has 2 atom stereocenters. The van der Waals surface area contributed by atoms with E-state index in [-0.39, 0.29) is 11.4 Å². The minimum atomic E-state index is 0.0784. The molecule has 0 spiro atoms. The monoisotopic (exact) mass is 238 g/mol. The largest absolute Gasteiger partial charge is 0.351 e. The third kappa shape index (κ3) is 3.44. The van der Waals surface area contributed by atoms with E-state index in [0.717, 1.165) is 19.4 Å². The number of hydrogen-bond donors (Lipinski definition) is 2. The standard InChI is InChI=1S/C14H26N2O/c1-11-6-5-9-15-12(11)10-13(17)16-14(2)7-3-4-8-14/h11-12,15H,3-10H2,1-2H3,(H,16,17). The SMILES string of the molecule is CC1CCCNC1CC(=O)NC1(C)CCCC1. The Morgan fingerprint density at radius 1 is 1.35 bits per heavy atom. The molecule has 98 valence electrons. The van der Waals surface area contributed by atoms with Gasteiger partial charge < -0.3 is 10.6 Å². The number of amides is 1. The van der Waals surface area contributed by atoms with Crippen molar-refractivity contribution in [3.63, 3.8) is 0 Å². The van der Waals surface area contributed by atoms with Crippen molar-refractivity contribution in [2.75, 3.05) is 6.54 Å². The van der Waals surface area contributed by atoms with Crippen LogP contribution in [-0.2, 0) is 4.79 Å². The second-order valence-electron chi connectivity index (χ2n) is 6.20. The number of hydrogen-bond acceptors (Lipinski definition) is 2. The molecule has 0 bridgehead atoms. The lowest BCUT2D eigenvalue weighted by atomic mass is 9.90. The molecule has 1 heterocycles. The van der Waals surface area contributed by atoms with Gasteiger partial charge in [0.1, 0.15) is 0 Å². The molecule has 17 heavy (non-hydrogen) atoms. The lowest BCUT2D eigenvalue weighted by Crippen LogP contribution is -2.48. The third-order valence-corrected chi connectivity index (χ3v) is 4.48. The van der Waals surface area contributed by atoms with Crippen LogP contribution in [0.2, 0.25) is 0 Å². The average Bonchev–Trinajstić information content (AvgIpc) is 2.68. The molecule has 2 rings (SSSR count). The molecule has 1 amide bonds. The molecule has 2 fully saturated rings. The van der Waals surface area contributed by atoms with Gasteiger partial charge in [-0.3, -0.25) is 4.79 Å². The lowest BCUT2D eigenvalue weighted by Gasteiger charge is -2.31. The van der Waals surface area contributed by atoms with E-state index in [4.69, 9.17) is 0 Å². The molecule has 0 aromatic carbocycles. The van der Waals surface area contributed by atoms with E-state index in [9.17, 15) is 4.79 Å². The van der Waals surface area contributed by atoms with Crippen LogP contribution < -0.4 is 10.6 Å². The first-order valence-electron chi connectivity index (χ1n) is 7.13. The summed E-state index contributed by atoms with van der Waals surface area (Å²) in [6, 6.07) is 0.383. The summed E-state index contributed by atoms with van der Waals surface area (Å²) in [5.74, 6) is 0.867. The summed E-state index contributed by atoms with van der Waals surface area (Å²) in [7, 11) is 0. The Labute approximate surface area is 105 Å². The fourth-order valence-corrected chi connectivity index (χ4v) is 3.25. The van der Waals surface area contributed by atoms with Crippen LogP contribution in [0.15, 0.2) is 0 Å². The second kappa shape index (κ2) is 5.38. The van der Waals surface area contributed by atoms with Crippen LogP contribution in [0, 0.1) is 5.92 Å². The van der Waals surface area contributed by atoms with Crippen molar-refractivity contribution in [2.24, 2.45) is 5.92 Å². The van der Waals surface area contributed by atoms with Crippen LogP contribution in [0.4, 0.5) is 0 Å². The maximum Gasteiger partial charge on any atom is 0.221 e. The van der Waals surface area contributed by atoms with E-state index in [1.54, 1.807) is 0 Å². The Hall–Kier alpha value is -0.570. The van der Waals surface area contributed by atoms with E-state index in [0.29, 0.717) is 18.4 Å². The van der Waals surface area contributed by atoms with Crippen LogP contribution in [0.3, 0.4) is 0 Å². The first-order valence-corrected chi connectivity index (χ1v) is 7.13. The normalized spacial score (nSPS) is 32.4. The third-order valence-electron chi connectivity index (χ3n) is 4.48. The van der Waals surface area contributed by atoms with Gasteiger partial charge in [-0.2, -0.15) is 0 Å². The smallest absolute Gasteiger partial charge is 0.221 e. The molecule has 0 radical (unpaired) electrons. The molecule has 3 heteroatoms. The van der Waals surface area contributed by atoms with E-state index >= 15 is 0 Å². The van der Waals surface area contributed by atoms with Crippen LogP contribution in [0.1, 0.15) is 58.8 Å². The molecule has 0 aromatic heterocycles. The zero-order valence-electron chi connectivity index (χ0n) is 11.2. The predicted octanol–water partition coefficient (Wildman–Crippen LogP) is 2.21. The fourth-order valence-electron chi connectivity index (χ4n) is 3.25. The summed E-state index contributed by atoms with van der Waals surface area (Å²) >= 11 is 0. The molecule has 3 nitrogen and oxygen atoms in total. The Kier molecular flexibility index (Phi) is 4.08. The van der Waals surface area contributed by atoms with Crippen LogP contribution in [0.25, 0.3) is 0 Å². The van der Waals surface area contributed by atoms with Gasteiger partial charge in [-0.15, -0.1) is 0 Å². The molecule has 2 unspecified atom stereocenters. The van der Waals surface area contributed by atoms with Gasteiger partial charge in [0.15, 0.2) is 0 Å². The maximum atomic E-state index is 12.1. The van der Waals surface area contributed by atoms with Crippen molar-refractivity contribution in [3.05, 3.63) is 0 Å². The summed E-state index contributed by atoms with van der Waals surface area (Å²) in [5.41, 5.74) is 0.0784. The van der Waals surface area contributed by atoms with Crippen LogP contribution in [-0.4, -0.2) is 24.0 Å². The summed E-state index contributed by atoms with van der Waals surface area (Å²) in [6.45, 7) is 5.51. The van der Waals surface area contributed by atoms with Gasteiger partial charge in [0, 0.05) is 18.0 Å². The van der Waals surface area contributed by atoms with E-state index in [1.165, 1.54) is 25.7 Å². The minimum absolute atomic E-state index is 0.0784. The quantitative estimate of drug-likeness (QED) is 0.791. The van der Waals surface area contributed by atoms with Gasteiger partial charge in [-0.25, -0.2) is 0 Å². The first kappa shape index (κ1) is 12.9. The Bertz CT molecular complexity index is 271. The summed E-state index contributed by atoms with van der Waals surface area (Å²) in [4.78, 5) is 12.1. The lowest BCUT2D eigenvalue weighted by molar-refractivity contribution is -0.123. The average molecular weight is 238 g/mol. The van der Waals surface area contributed by atoms with Crippen molar-refractivity contribution >= 4 is 5.91 Å². The highest BCUT2D eigenvalue weighted by Crippen LogP contribution is 2.29. The zero-order chi connectivity index (χ0) is 12.3. The molecule has 0 aromatic rings. The Morgan fingerprint density at radius 3 is 2.71 bits per heavy atom. The van der Waals surface area contributed by atoms with Gasteiger partial charge in [0.05, 0.1) is 0 Å². The van der Waals surface area contributed by atoms with Gasteiger partial charge in [0.25, 0.3) is 0 Å². The van der Waals surface area contributed by atoms with Gasteiger partial charge in [0.2, 0.25) is 5.91 Å². The minimum Gasteiger partial charge on any atom is -0.351 e. The van der Waals surface area contributed by atoms with Gasteiger partial charge in [-0.05, 0) is 45.1 Å². The first-order chi connectivity index (χ1) is 8.09. The van der Waals surface area contributed by atoms with Crippen molar-refractivity contribution in [2.45, 2.75) is 70.4 Å². The van der Waals surface area contributed by atoms with Crippen molar-refractivity contribution in [1.82, 2.24) is 10.6 Å². The number of nitrogens with one attached hydrogen (secondary N) is 2. The van der Waals surface area contributed by atoms with Crippen molar-refractivity contribution in [3.8, 4) is 0 Å². The van der Waals surface area contributed by atoms with Crippen molar-refractivity contribution < 1.29 is 4.79 Å². The second-order valence-corrected chi connectivity index (χ2v) is 6.20. The Morgan fingerprint density at radius 2 is 2.06 bits per heavy atom. The van der Waals surface area contributed by atoms with Crippen molar-refractivity contribution in [1.29, 1.82) is 0 Å². The highest BCUT2D eigenvalue weighted by Gasteiger charge is 2.31. The topological polar surface area (TPSA) is 41.1 Å². The van der Waals surface area contributed by atoms with E-state index in [1.807, 2.05) is 0 Å². The fraction of sp³-hybridized carbons (Fsp3) is 0.929. The highest BCUT2D eigenvalue weighted by molar-refractivity contribution is 5.77. The predicted molar refractivity (Wildman–Crippen MR) is 69.8 cm³/mol. The summed E-state index contributed by atoms with van der Waals surface area (Å²) < 4.78 is 0. The molecular weight excluding hydrogens is 212 g/mol. The molecule has 1 saturated carbocycles. The molecule has 1 aliphatic heterocycles. The highest BCUT2D eigenvalue weighted by atomic mass is 16.1. The number of piperidine rings is 1. The van der Waals surface area contributed by atoms with E-state index < -0.39 is 0 Å². The maximum absolute atomic E-state index is 12.1. The molecular formula is C14H26N2O. The summed E-state index contributed by atoms with van der Waals surface area (Å²) in [5, 5.41) is 6.72. The van der Waals surface area contributed by atoms with Crippen LogP contribution >= 0.6 is 0 Å². The molecule has 1 aliphatic carbocycles. The van der Waals surface area contributed by atoms with Gasteiger partial charge >= 0.3 is 0 Å². The molecule has 2 aliphatic rings. The van der Waals surface area contributed by atoms with Crippen LogP contribution in [0.5, 0.6) is 0 Å². The molecule has 1 saturated heterocycles. The molecule has 2 N–H and O–H groups in total. The Balaban J connectivity index is 1.80. The van der Waals surface area contributed by atoms with Gasteiger partial charge in [-0.1, -0.05) is 19.8 Å². The number of rotatable bonds is 3.